The van der Waals surface area contributed by atoms with Crippen LogP contribution in [0.25, 0.3) is 0 Å². The molecule has 28 heavy (non-hydrogen) atoms. The first-order valence-corrected chi connectivity index (χ1v) is 10.6. The molecule has 0 N–H and O–H groups in total. The molecular weight excluding hydrogens is 398 g/mol. The molecule has 0 heterocycles. The van der Waals surface area contributed by atoms with Crippen LogP contribution in [0.2, 0.25) is 0 Å². The molecule has 0 aromatic heterocycles. The molecule has 0 radical (unpaired) electrons. The summed E-state index contributed by atoms with van der Waals surface area (Å²) in [7, 11) is -4.86. The standard InChI is InChI=1S/C20H18O6P2/c1-15-6-3-8-17(12-15)23-27(21)25-19-10-5-11-20(14-19)26-28(22)24-18-9-4-7-16(2)13-18/h3-14H,1-2H3/q+2. The molecule has 3 rings (SSSR count). The van der Waals surface area contributed by atoms with Gasteiger partial charge in [-0.15, -0.1) is 0 Å². The summed E-state index contributed by atoms with van der Waals surface area (Å²) in [6.07, 6.45) is 0. The van der Waals surface area contributed by atoms with E-state index in [2.05, 4.69) is 0 Å². The largest absolute Gasteiger partial charge is 0.805 e. The molecular formula is C20H18O6P2+2. The van der Waals surface area contributed by atoms with E-state index in [-0.39, 0.29) is 11.5 Å². The second-order valence-electron chi connectivity index (χ2n) is 5.92. The predicted molar refractivity (Wildman–Crippen MR) is 107 cm³/mol. The van der Waals surface area contributed by atoms with Gasteiger partial charge >= 0.3 is 16.5 Å². The summed E-state index contributed by atoms with van der Waals surface area (Å²) in [5.74, 6) is 1.40. The van der Waals surface area contributed by atoms with Crippen molar-refractivity contribution in [2.75, 3.05) is 0 Å². The van der Waals surface area contributed by atoms with Crippen LogP contribution in [-0.2, 0) is 9.13 Å². The molecule has 3 aromatic rings. The van der Waals surface area contributed by atoms with Gasteiger partial charge < -0.3 is 0 Å². The highest BCUT2D eigenvalue weighted by molar-refractivity contribution is 7.34. The fourth-order valence-corrected chi connectivity index (χ4v) is 3.53. The Morgan fingerprint density at radius 3 is 1.21 bits per heavy atom. The molecule has 0 saturated carbocycles. The van der Waals surface area contributed by atoms with Gasteiger partial charge in [0.15, 0.2) is 23.0 Å². The molecule has 0 aliphatic heterocycles. The van der Waals surface area contributed by atoms with Crippen molar-refractivity contribution < 1.29 is 27.2 Å². The Balaban J connectivity index is 1.58. The van der Waals surface area contributed by atoms with Crippen molar-refractivity contribution in [2.24, 2.45) is 0 Å². The Morgan fingerprint density at radius 2 is 0.857 bits per heavy atom. The molecule has 0 bridgehead atoms. The second-order valence-corrected chi connectivity index (χ2v) is 7.54. The van der Waals surface area contributed by atoms with Crippen LogP contribution in [0.1, 0.15) is 11.1 Å². The SMILES string of the molecule is Cc1cccc(O[P+](=O)Oc2cccc(O[P+](=O)Oc3cccc(C)c3)c2)c1. The summed E-state index contributed by atoms with van der Waals surface area (Å²) >= 11 is 0. The minimum atomic E-state index is -2.43. The van der Waals surface area contributed by atoms with Gasteiger partial charge in [0.1, 0.15) is 0 Å². The second kappa shape index (κ2) is 9.32. The lowest BCUT2D eigenvalue weighted by molar-refractivity contribution is 0.409. The maximum Gasteiger partial charge on any atom is 0.805 e. The Morgan fingerprint density at radius 1 is 0.536 bits per heavy atom. The average Bonchev–Trinajstić information content (AvgIpc) is 2.61. The summed E-state index contributed by atoms with van der Waals surface area (Å²) < 4.78 is 45.3. The third kappa shape index (κ3) is 6.05. The molecule has 0 saturated heterocycles. The molecule has 142 valence electrons. The minimum absolute atomic E-state index is 0.255. The van der Waals surface area contributed by atoms with Crippen molar-refractivity contribution >= 4 is 16.5 Å². The lowest BCUT2D eigenvalue weighted by atomic mass is 10.2. The Kier molecular flexibility index (Phi) is 6.59. The van der Waals surface area contributed by atoms with Gasteiger partial charge in [-0.2, -0.15) is 0 Å². The average molecular weight is 416 g/mol. The maximum atomic E-state index is 12.1. The molecule has 2 atom stereocenters. The Bertz CT molecular complexity index is 928. The van der Waals surface area contributed by atoms with E-state index in [1.165, 1.54) is 6.07 Å². The van der Waals surface area contributed by atoms with Crippen molar-refractivity contribution in [1.82, 2.24) is 0 Å². The highest BCUT2D eigenvalue weighted by Crippen LogP contribution is 2.35. The third-order valence-electron chi connectivity index (χ3n) is 3.50. The minimum Gasteiger partial charge on any atom is -0.222 e. The predicted octanol–water partition coefficient (Wildman–Crippen LogP) is 6.53. The first-order chi connectivity index (χ1) is 13.5. The number of aryl methyl sites for hydroxylation is 2. The summed E-state index contributed by atoms with van der Waals surface area (Å²) in [4.78, 5) is 0. The Labute approximate surface area is 164 Å². The Hall–Kier alpha value is -2.94. The van der Waals surface area contributed by atoms with E-state index in [1.54, 1.807) is 54.6 Å². The maximum absolute atomic E-state index is 12.1. The van der Waals surface area contributed by atoms with Crippen LogP contribution >= 0.6 is 16.5 Å². The summed E-state index contributed by atoms with van der Waals surface area (Å²) in [6.45, 7) is 3.81. The monoisotopic (exact) mass is 416 g/mol. The fourth-order valence-electron chi connectivity index (χ4n) is 2.31. The molecule has 0 spiro atoms. The normalized spacial score (nSPS) is 11.4. The smallest absolute Gasteiger partial charge is 0.222 e. The van der Waals surface area contributed by atoms with Gasteiger partial charge in [-0.25, -0.2) is 18.1 Å². The first kappa shape index (κ1) is 19.8. The van der Waals surface area contributed by atoms with Crippen molar-refractivity contribution in [3.63, 3.8) is 0 Å². The summed E-state index contributed by atoms with van der Waals surface area (Å²) in [6, 6.07) is 20.6. The summed E-state index contributed by atoms with van der Waals surface area (Å²) in [5, 5.41) is 0. The molecule has 8 heteroatoms. The van der Waals surface area contributed by atoms with E-state index in [0.717, 1.165) is 11.1 Å². The van der Waals surface area contributed by atoms with E-state index in [9.17, 15) is 9.13 Å². The zero-order valence-electron chi connectivity index (χ0n) is 15.3. The van der Waals surface area contributed by atoms with Crippen LogP contribution < -0.4 is 18.1 Å². The van der Waals surface area contributed by atoms with Crippen molar-refractivity contribution in [1.29, 1.82) is 0 Å². The van der Waals surface area contributed by atoms with Crippen LogP contribution in [0.15, 0.2) is 72.8 Å². The van der Waals surface area contributed by atoms with Crippen molar-refractivity contribution in [2.45, 2.75) is 13.8 Å². The van der Waals surface area contributed by atoms with Gasteiger partial charge in [-0.05, 0) is 61.4 Å². The molecule has 3 aromatic carbocycles. The zero-order chi connectivity index (χ0) is 19.9. The molecule has 2 unspecified atom stereocenters. The molecule has 0 fully saturated rings. The van der Waals surface area contributed by atoms with Crippen LogP contribution in [0.5, 0.6) is 23.0 Å². The third-order valence-corrected chi connectivity index (χ3v) is 4.94. The van der Waals surface area contributed by atoms with Gasteiger partial charge in [0.2, 0.25) is 0 Å². The van der Waals surface area contributed by atoms with E-state index < -0.39 is 16.5 Å². The highest BCUT2D eigenvalue weighted by atomic mass is 31.1. The van der Waals surface area contributed by atoms with Gasteiger partial charge in [0, 0.05) is 15.2 Å². The van der Waals surface area contributed by atoms with Crippen LogP contribution in [0.3, 0.4) is 0 Å². The first-order valence-electron chi connectivity index (χ1n) is 8.38. The van der Waals surface area contributed by atoms with E-state index in [4.69, 9.17) is 18.1 Å². The topological polar surface area (TPSA) is 71.1 Å². The molecule has 0 aliphatic carbocycles. The van der Waals surface area contributed by atoms with E-state index in [0.29, 0.717) is 11.5 Å². The lowest BCUT2D eigenvalue weighted by Crippen LogP contribution is -1.91. The van der Waals surface area contributed by atoms with Gasteiger partial charge in [0.25, 0.3) is 0 Å². The molecule has 0 amide bonds. The number of hydrogen-bond acceptors (Lipinski definition) is 6. The van der Waals surface area contributed by atoms with Crippen LogP contribution in [0.4, 0.5) is 0 Å². The van der Waals surface area contributed by atoms with Crippen LogP contribution in [0, 0.1) is 13.8 Å². The zero-order valence-corrected chi connectivity index (χ0v) is 17.1. The number of rotatable bonds is 8. The van der Waals surface area contributed by atoms with Gasteiger partial charge in [-0.3, -0.25) is 0 Å². The fraction of sp³-hybridized carbons (Fsp3) is 0.100. The van der Waals surface area contributed by atoms with Gasteiger partial charge in [-0.1, -0.05) is 30.3 Å². The number of hydrogen-bond donors (Lipinski definition) is 0. The van der Waals surface area contributed by atoms with E-state index >= 15 is 0 Å². The quantitative estimate of drug-likeness (QED) is 0.389. The van der Waals surface area contributed by atoms with Crippen LogP contribution in [-0.4, -0.2) is 0 Å². The van der Waals surface area contributed by atoms with Crippen molar-refractivity contribution in [3.05, 3.63) is 83.9 Å². The highest BCUT2D eigenvalue weighted by Gasteiger charge is 2.27. The molecule has 6 nitrogen and oxygen atoms in total. The summed E-state index contributed by atoms with van der Waals surface area (Å²) in [5.41, 5.74) is 1.96. The van der Waals surface area contributed by atoms with Gasteiger partial charge in [0.05, 0.1) is 0 Å². The lowest BCUT2D eigenvalue weighted by Gasteiger charge is -1.98. The van der Waals surface area contributed by atoms with Crippen molar-refractivity contribution in [3.8, 4) is 23.0 Å². The molecule has 0 aliphatic rings. The van der Waals surface area contributed by atoms with E-state index in [1.807, 2.05) is 26.0 Å². The number of benzene rings is 3.